The van der Waals surface area contributed by atoms with Gasteiger partial charge in [0.15, 0.2) is 0 Å². The minimum Gasteiger partial charge on any atom is -0.350 e. The summed E-state index contributed by atoms with van der Waals surface area (Å²) in [5.74, 6) is -0.972. The monoisotopic (exact) mass is 1820 g/mol. The third-order valence-corrected chi connectivity index (χ3v) is 26.1. The molecule has 2 saturated heterocycles. The zero-order chi connectivity index (χ0) is 91.4. The highest BCUT2D eigenvalue weighted by molar-refractivity contribution is 7.17. The molecule has 0 aliphatic carbocycles. The van der Waals surface area contributed by atoms with E-state index in [0.717, 1.165) is 183 Å². The number of halogens is 5. The molecular weight excluding hydrogens is 1730 g/mol. The highest BCUT2D eigenvalue weighted by Gasteiger charge is 2.25. The third kappa shape index (κ3) is 20.5. The Morgan fingerprint density at radius 2 is 0.737 bits per heavy atom. The molecule has 12 aromatic heterocycles. The number of rotatable bonds is 15. The van der Waals surface area contributed by atoms with Gasteiger partial charge in [0, 0.05) is 123 Å². The number of piperidine rings is 2. The number of imidazole rings is 2. The molecule has 26 heteroatoms. The van der Waals surface area contributed by atoms with Crippen LogP contribution in [0.5, 0.6) is 0 Å². The van der Waals surface area contributed by atoms with Crippen LogP contribution in [0.4, 0.5) is 22.0 Å². The number of fused-ring (bicyclic) bond motifs is 5. The van der Waals surface area contributed by atoms with Gasteiger partial charge in [-0.15, -0.1) is 34.0 Å². The second kappa shape index (κ2) is 40.6. The second-order valence-electron chi connectivity index (χ2n) is 32.6. The Balaban J connectivity index is 0.000000113. The molecule has 0 unspecified atom stereocenters. The topological polar surface area (TPSA) is 202 Å². The predicted molar refractivity (Wildman–Crippen MR) is 522 cm³/mol. The summed E-state index contributed by atoms with van der Waals surface area (Å²) < 4.78 is 75.5. The fraction of sp³-hybridized carbons (Fsp3) is 0.140. The van der Waals surface area contributed by atoms with Crippen molar-refractivity contribution in [2.24, 2.45) is 5.92 Å². The lowest BCUT2D eigenvalue weighted by molar-refractivity contribution is 0.0908. The number of hydrogen-bond acceptors (Lipinski definition) is 17. The third-order valence-electron chi connectivity index (χ3n) is 23.7. The number of amides is 2. The Kier molecular flexibility index (Phi) is 27.1. The van der Waals surface area contributed by atoms with E-state index in [1.165, 1.54) is 42.5 Å². The van der Waals surface area contributed by atoms with Crippen LogP contribution in [0.25, 0.3) is 154 Å². The van der Waals surface area contributed by atoms with Gasteiger partial charge in [-0.1, -0.05) is 72.8 Å². The van der Waals surface area contributed by atoms with E-state index in [1.807, 2.05) is 171 Å². The first-order valence-electron chi connectivity index (χ1n) is 43.4. The molecule has 660 valence electrons. The van der Waals surface area contributed by atoms with Crippen LogP contribution in [0, 0.1) is 48.9 Å². The Hall–Kier alpha value is -14.9. The van der Waals surface area contributed by atoms with Crippen molar-refractivity contribution >= 4 is 87.8 Å². The number of aryl methyl sites for hydroxylation is 2. The molecule has 8 aromatic carbocycles. The maximum atomic E-state index is 14.1. The first kappa shape index (κ1) is 88.7. The zero-order valence-corrected chi connectivity index (χ0v) is 75.3. The van der Waals surface area contributed by atoms with Crippen molar-refractivity contribution in [2.45, 2.75) is 45.6 Å². The van der Waals surface area contributed by atoms with Gasteiger partial charge in [-0.2, -0.15) is 0 Å². The van der Waals surface area contributed by atoms with Crippen LogP contribution in [0.1, 0.15) is 57.8 Å². The van der Waals surface area contributed by atoms with Crippen LogP contribution >= 0.6 is 34.0 Å². The summed E-state index contributed by atoms with van der Waals surface area (Å²) in [6.07, 6.45) is 19.8. The number of nitrogens with zero attached hydrogens (tertiary/aromatic N) is 14. The van der Waals surface area contributed by atoms with Crippen LogP contribution in [0.3, 0.4) is 0 Å². The van der Waals surface area contributed by atoms with E-state index >= 15 is 0 Å². The minimum absolute atomic E-state index is 0.116. The van der Waals surface area contributed by atoms with Gasteiger partial charge in [-0.25, -0.2) is 46.9 Å². The summed E-state index contributed by atoms with van der Waals surface area (Å²) in [5.41, 5.74) is 29.5. The van der Waals surface area contributed by atoms with Gasteiger partial charge in [0.05, 0.1) is 88.0 Å². The molecule has 2 N–H and O–H groups in total. The molecule has 0 atom stereocenters. The van der Waals surface area contributed by atoms with Gasteiger partial charge in [0.25, 0.3) is 11.8 Å². The smallest absolute Gasteiger partial charge is 0.270 e. The summed E-state index contributed by atoms with van der Waals surface area (Å²) >= 11 is 4.82. The molecule has 20 aromatic rings. The molecule has 2 amide bonds. The van der Waals surface area contributed by atoms with Crippen molar-refractivity contribution in [2.75, 3.05) is 46.8 Å². The molecule has 0 bridgehead atoms. The van der Waals surface area contributed by atoms with E-state index in [2.05, 4.69) is 103 Å². The maximum Gasteiger partial charge on any atom is 0.270 e. The van der Waals surface area contributed by atoms with E-state index in [0.29, 0.717) is 57.5 Å². The van der Waals surface area contributed by atoms with E-state index in [-0.39, 0.29) is 46.9 Å². The van der Waals surface area contributed by atoms with Gasteiger partial charge in [0.1, 0.15) is 51.8 Å². The molecule has 0 spiro atoms. The van der Waals surface area contributed by atoms with Crippen molar-refractivity contribution in [3.05, 3.63) is 373 Å². The number of aromatic nitrogens is 12. The summed E-state index contributed by atoms with van der Waals surface area (Å²) in [6.45, 7) is 8.27. The van der Waals surface area contributed by atoms with Gasteiger partial charge in [-0.05, 0) is 289 Å². The van der Waals surface area contributed by atoms with Gasteiger partial charge in [-0.3, -0.25) is 43.3 Å². The average Bonchev–Trinajstić information content (AvgIpc) is 1.73. The first-order chi connectivity index (χ1) is 64.9. The van der Waals surface area contributed by atoms with E-state index in [9.17, 15) is 31.5 Å². The zero-order valence-electron chi connectivity index (χ0n) is 72.8. The summed E-state index contributed by atoms with van der Waals surface area (Å²) in [7, 11) is 4.24. The molecule has 2 aliphatic heterocycles. The van der Waals surface area contributed by atoms with Crippen molar-refractivity contribution in [3.63, 3.8) is 0 Å². The van der Waals surface area contributed by atoms with Crippen molar-refractivity contribution in [3.8, 4) is 112 Å². The fourth-order valence-corrected chi connectivity index (χ4v) is 18.6. The second-order valence-corrected chi connectivity index (χ2v) is 35.3. The summed E-state index contributed by atoms with van der Waals surface area (Å²) in [6, 6.07) is 75.4. The molecule has 22 rings (SSSR count). The quantitative estimate of drug-likeness (QED) is 0.0918. The number of pyridine rings is 7. The van der Waals surface area contributed by atoms with Crippen molar-refractivity contribution in [1.29, 1.82) is 0 Å². The van der Waals surface area contributed by atoms with Crippen molar-refractivity contribution < 1.29 is 31.5 Å². The number of hydrogen-bond donors (Lipinski definition) is 2. The van der Waals surface area contributed by atoms with Gasteiger partial charge < -0.3 is 20.4 Å². The number of carbonyl (C=O) groups excluding carboxylic acids is 2. The number of carbonyl (C=O) groups is 2. The number of likely N-dealkylation sites (tertiary alicyclic amines) is 2. The lowest BCUT2D eigenvalue weighted by atomic mass is 9.97. The van der Waals surface area contributed by atoms with Gasteiger partial charge in [0.2, 0.25) is 0 Å². The Labute approximate surface area is 776 Å². The summed E-state index contributed by atoms with van der Waals surface area (Å²) in [4.78, 5) is 74.9. The molecular formula is C107H87F5N16O2S3. The Bertz CT molecular complexity index is 7590. The normalized spacial score (nSPS) is 13.0. The molecule has 14 heterocycles. The standard InChI is InChI=1S/C27H28FN5O.C26H26FN5O.3C18H11FN2S/c1-18-14-20(5-7-23(18)28)26-22(4-3-11-29-26)21-6-8-25-30-16-24(33(25)17-21)27(34)31-15-19-9-12-32(2)13-10-19;1-17-14-18(5-7-22(17)27)25-21(4-3-11-28-25)19-6-8-24-29-15-23(32(24)16-19)26(33)30-20-9-12-31(2)13-10-20;19-14-4-1-3-13(9-14)18-15(5-2-8-20-18)12-6-7-16-17(10-12)22-11-21-16;19-14-6-3-12(4-7-14)18-15(2-1-9-20-18)13-5-8-16-17(10-13)22-11-21-16;19-15-6-2-1-4-14(15)18-13(5-3-9-20-18)12-7-8-16-17(10-12)22-11-21-16/h3-8,11,14,16-17,19H,9-10,12-13,15H2,1-2H3,(H,31,34);3-8,11,14-16,20H,9-10,12-13H2,1-2H3,(H,30,33);3*1-11H. The lowest BCUT2D eigenvalue weighted by Crippen LogP contribution is -2.43. The average molecular weight is 1820 g/mol. The van der Waals surface area contributed by atoms with Crippen LogP contribution < -0.4 is 10.6 Å². The van der Waals surface area contributed by atoms with Crippen molar-refractivity contribution in [1.82, 2.24) is 79.1 Å². The lowest BCUT2D eigenvalue weighted by Gasteiger charge is -2.29. The molecule has 0 radical (unpaired) electrons. The molecule has 2 aliphatic rings. The SMILES string of the molecule is Cc1cc(-c2ncccc2-c2ccc3ncc(C(=O)NC4CCN(C)CC4)n3c2)ccc1F.Cc1cc(-c2ncccc2-c2ccc3ncc(C(=O)NCC4CCN(C)CC4)n3c2)ccc1F.Fc1ccc(-c2ncccc2-c2ccc3ncsc3c2)cc1.Fc1cccc(-c2ncccc2-c2ccc3ncsc3c2)c1.Fc1ccccc1-c1ncccc1-c1ccc2ncsc2c1. The Morgan fingerprint density at radius 3 is 1.20 bits per heavy atom. The fourth-order valence-electron chi connectivity index (χ4n) is 16.5. The molecule has 0 saturated carbocycles. The van der Waals surface area contributed by atoms with Gasteiger partial charge >= 0.3 is 0 Å². The highest BCUT2D eigenvalue weighted by Crippen LogP contribution is 2.40. The maximum absolute atomic E-state index is 14.1. The first-order valence-corrected chi connectivity index (χ1v) is 46.0. The highest BCUT2D eigenvalue weighted by atomic mass is 32.1. The van der Waals surface area contributed by atoms with E-state index < -0.39 is 0 Å². The molecule has 133 heavy (non-hydrogen) atoms. The van der Waals surface area contributed by atoms with E-state index in [1.54, 1.807) is 146 Å². The minimum atomic E-state index is -0.263. The van der Waals surface area contributed by atoms with E-state index in [4.69, 9.17) is 0 Å². The van der Waals surface area contributed by atoms with Crippen LogP contribution in [-0.4, -0.2) is 133 Å². The van der Waals surface area contributed by atoms with Crippen LogP contribution in [0.15, 0.2) is 321 Å². The number of benzene rings is 8. The van der Waals surface area contributed by atoms with Crippen LogP contribution in [0.2, 0.25) is 0 Å². The molecule has 2 fully saturated rings. The number of nitrogens with one attached hydrogen (secondary N) is 2. The Morgan fingerprint density at radius 1 is 0.346 bits per heavy atom. The number of thiazole rings is 3. The van der Waals surface area contributed by atoms with Crippen LogP contribution in [-0.2, 0) is 0 Å². The largest absolute Gasteiger partial charge is 0.350 e. The summed E-state index contributed by atoms with van der Waals surface area (Å²) in [5, 5.41) is 6.27. The molecule has 18 nitrogen and oxygen atoms in total. The predicted octanol–water partition coefficient (Wildman–Crippen LogP) is 24.4.